The van der Waals surface area contributed by atoms with Gasteiger partial charge in [-0.25, -0.2) is 4.79 Å². The van der Waals surface area contributed by atoms with Gasteiger partial charge in [-0.2, -0.15) is 0 Å². The van der Waals surface area contributed by atoms with Gasteiger partial charge in [0.2, 0.25) is 0 Å². The lowest BCUT2D eigenvalue weighted by molar-refractivity contribution is -0.212. The minimum Gasteiger partial charge on any atom is -0.480 e. The van der Waals surface area contributed by atoms with Gasteiger partial charge in [0, 0.05) is 0 Å². The molecule has 2 aliphatic rings. The lowest BCUT2D eigenvalue weighted by Crippen LogP contribution is -2.37. The van der Waals surface area contributed by atoms with Crippen molar-refractivity contribution in [3.8, 4) is 0 Å². The molecule has 96 valence electrons. The van der Waals surface area contributed by atoms with Gasteiger partial charge in [-0.05, 0) is 13.8 Å². The molecule has 1 N–H and O–H groups in total. The Morgan fingerprint density at radius 1 is 1.53 bits per heavy atom. The first-order chi connectivity index (χ1) is 7.93. The number of carboxylic acids is 1. The maximum atomic E-state index is 10.5. The SMILES string of the molecule is C=C[C@H]1O[C@@H]2OC(C)(C)O[C@@H]2[C@H]1OCC(=O)O. The molecule has 2 rings (SSSR count). The third-order valence-corrected chi connectivity index (χ3v) is 2.66. The molecule has 0 aliphatic carbocycles. The van der Waals surface area contributed by atoms with Crippen LogP contribution >= 0.6 is 0 Å². The fourth-order valence-corrected chi connectivity index (χ4v) is 2.05. The van der Waals surface area contributed by atoms with E-state index >= 15 is 0 Å². The van der Waals surface area contributed by atoms with E-state index in [1.165, 1.54) is 0 Å². The molecule has 6 nitrogen and oxygen atoms in total. The van der Waals surface area contributed by atoms with Gasteiger partial charge in [0.05, 0.1) is 0 Å². The molecule has 0 radical (unpaired) electrons. The normalized spacial score (nSPS) is 38.9. The highest BCUT2D eigenvalue weighted by molar-refractivity contribution is 5.68. The van der Waals surface area contributed by atoms with Crippen LogP contribution in [0.15, 0.2) is 12.7 Å². The van der Waals surface area contributed by atoms with Crippen molar-refractivity contribution < 1.29 is 28.8 Å². The lowest BCUT2D eigenvalue weighted by Gasteiger charge is -2.23. The van der Waals surface area contributed by atoms with Crippen LogP contribution < -0.4 is 0 Å². The number of fused-ring (bicyclic) bond motifs is 1. The zero-order chi connectivity index (χ0) is 12.6. The van der Waals surface area contributed by atoms with Crippen molar-refractivity contribution in [2.75, 3.05) is 6.61 Å². The Labute approximate surface area is 99.1 Å². The summed E-state index contributed by atoms with van der Waals surface area (Å²) in [6.45, 7) is 6.76. The van der Waals surface area contributed by atoms with Crippen molar-refractivity contribution in [2.45, 2.75) is 44.2 Å². The second-order valence-electron chi connectivity index (χ2n) is 4.47. The van der Waals surface area contributed by atoms with Gasteiger partial charge in [0.1, 0.15) is 24.9 Å². The molecular weight excluding hydrogens is 228 g/mol. The van der Waals surface area contributed by atoms with Crippen LogP contribution in [0.2, 0.25) is 0 Å². The first kappa shape index (κ1) is 12.5. The zero-order valence-electron chi connectivity index (χ0n) is 9.79. The van der Waals surface area contributed by atoms with Crippen molar-refractivity contribution in [2.24, 2.45) is 0 Å². The van der Waals surface area contributed by atoms with Crippen LogP contribution in [0.3, 0.4) is 0 Å². The summed E-state index contributed by atoms with van der Waals surface area (Å²) in [4.78, 5) is 10.5. The summed E-state index contributed by atoms with van der Waals surface area (Å²) in [6.07, 6.45) is -0.320. The Kier molecular flexibility index (Phi) is 3.22. The van der Waals surface area contributed by atoms with Crippen LogP contribution in [0.25, 0.3) is 0 Å². The Morgan fingerprint density at radius 2 is 2.24 bits per heavy atom. The predicted molar refractivity (Wildman–Crippen MR) is 56.3 cm³/mol. The smallest absolute Gasteiger partial charge is 0.329 e. The first-order valence-electron chi connectivity index (χ1n) is 5.40. The number of hydrogen-bond acceptors (Lipinski definition) is 5. The van der Waals surface area contributed by atoms with Crippen LogP contribution in [0.4, 0.5) is 0 Å². The quantitative estimate of drug-likeness (QED) is 0.727. The average molecular weight is 244 g/mol. The minimum atomic E-state index is -1.03. The minimum absolute atomic E-state index is 0.397. The lowest BCUT2D eigenvalue weighted by atomic mass is 10.1. The van der Waals surface area contributed by atoms with Gasteiger partial charge in [-0.3, -0.25) is 0 Å². The molecule has 0 aromatic carbocycles. The van der Waals surface area contributed by atoms with Gasteiger partial charge in [0.15, 0.2) is 12.1 Å². The number of carboxylic acid groups (broad SMARTS) is 1. The standard InChI is InChI=1S/C11H16O6/c1-4-6-8(14-5-7(12)13)9-10(15-6)17-11(2,3)16-9/h4,6,8-10H,1,5H2,2-3H3,(H,12,13)/t6-,8+,9-,10-/m1/s1. The summed E-state index contributed by atoms with van der Waals surface area (Å²) in [6, 6.07) is 0. The van der Waals surface area contributed by atoms with Crippen molar-refractivity contribution in [1.82, 2.24) is 0 Å². The molecule has 2 saturated heterocycles. The maximum absolute atomic E-state index is 10.5. The Balaban J connectivity index is 2.05. The van der Waals surface area contributed by atoms with E-state index in [4.69, 9.17) is 24.1 Å². The van der Waals surface area contributed by atoms with Gasteiger partial charge < -0.3 is 24.1 Å². The molecule has 2 fully saturated rings. The van der Waals surface area contributed by atoms with Crippen molar-refractivity contribution in [3.63, 3.8) is 0 Å². The van der Waals surface area contributed by atoms with E-state index in [0.29, 0.717) is 0 Å². The van der Waals surface area contributed by atoms with E-state index in [9.17, 15) is 4.79 Å². The van der Waals surface area contributed by atoms with Gasteiger partial charge >= 0.3 is 5.97 Å². The number of hydrogen-bond donors (Lipinski definition) is 1. The molecule has 6 heteroatoms. The fraction of sp³-hybridized carbons (Fsp3) is 0.727. The summed E-state index contributed by atoms with van der Waals surface area (Å²) < 4.78 is 22.0. The van der Waals surface area contributed by atoms with Crippen LogP contribution in [-0.2, 0) is 23.7 Å². The summed E-state index contributed by atoms with van der Waals surface area (Å²) >= 11 is 0. The van der Waals surface area contributed by atoms with E-state index in [-0.39, 0.29) is 0 Å². The van der Waals surface area contributed by atoms with Crippen molar-refractivity contribution in [1.29, 1.82) is 0 Å². The fourth-order valence-electron chi connectivity index (χ4n) is 2.05. The van der Waals surface area contributed by atoms with Crippen molar-refractivity contribution in [3.05, 3.63) is 12.7 Å². The number of carbonyl (C=O) groups is 1. The molecule has 17 heavy (non-hydrogen) atoms. The third-order valence-electron chi connectivity index (χ3n) is 2.66. The Hall–Kier alpha value is -0.950. The van der Waals surface area contributed by atoms with Crippen LogP contribution in [0.1, 0.15) is 13.8 Å². The Bertz CT molecular complexity index is 326. The number of ether oxygens (including phenoxy) is 4. The van der Waals surface area contributed by atoms with Crippen LogP contribution in [-0.4, -0.2) is 48.1 Å². The molecule has 2 aliphatic heterocycles. The predicted octanol–water partition coefficient (Wildman–Crippen LogP) is 0.519. The molecule has 0 bridgehead atoms. The third kappa shape index (κ3) is 2.50. The molecule has 0 saturated carbocycles. The highest BCUT2D eigenvalue weighted by atomic mass is 16.8. The molecule has 0 amide bonds. The topological polar surface area (TPSA) is 74.2 Å². The summed E-state index contributed by atoms with van der Waals surface area (Å²) in [5, 5.41) is 8.61. The summed E-state index contributed by atoms with van der Waals surface area (Å²) in [5.74, 6) is -1.78. The van der Waals surface area contributed by atoms with E-state index in [2.05, 4.69) is 6.58 Å². The van der Waals surface area contributed by atoms with E-state index in [1.54, 1.807) is 19.9 Å². The maximum Gasteiger partial charge on any atom is 0.329 e. The molecule has 4 atom stereocenters. The van der Waals surface area contributed by atoms with Crippen LogP contribution in [0.5, 0.6) is 0 Å². The van der Waals surface area contributed by atoms with Crippen molar-refractivity contribution >= 4 is 5.97 Å². The molecule has 2 heterocycles. The largest absolute Gasteiger partial charge is 0.480 e. The number of rotatable bonds is 4. The molecule has 0 spiro atoms. The van der Waals surface area contributed by atoms with E-state index in [0.717, 1.165) is 0 Å². The molecule has 0 aromatic rings. The monoisotopic (exact) mass is 244 g/mol. The second-order valence-corrected chi connectivity index (χ2v) is 4.47. The van der Waals surface area contributed by atoms with Gasteiger partial charge in [-0.1, -0.05) is 6.08 Å². The van der Waals surface area contributed by atoms with Crippen LogP contribution in [0, 0.1) is 0 Å². The summed E-state index contributed by atoms with van der Waals surface area (Å²) in [7, 11) is 0. The zero-order valence-corrected chi connectivity index (χ0v) is 9.79. The molecular formula is C11H16O6. The van der Waals surface area contributed by atoms with Gasteiger partial charge in [0.25, 0.3) is 0 Å². The average Bonchev–Trinajstić information content (AvgIpc) is 2.66. The highest BCUT2D eigenvalue weighted by Gasteiger charge is 2.54. The van der Waals surface area contributed by atoms with Gasteiger partial charge in [-0.15, -0.1) is 6.58 Å². The Morgan fingerprint density at radius 3 is 2.82 bits per heavy atom. The first-order valence-corrected chi connectivity index (χ1v) is 5.40. The second kappa shape index (κ2) is 4.38. The van der Waals surface area contributed by atoms with E-state index < -0.39 is 43.0 Å². The number of aliphatic carboxylic acids is 1. The molecule has 0 unspecified atom stereocenters. The highest BCUT2D eigenvalue weighted by Crippen LogP contribution is 2.38. The summed E-state index contributed by atoms with van der Waals surface area (Å²) in [5.41, 5.74) is 0. The molecule has 0 aromatic heterocycles. The van der Waals surface area contributed by atoms with E-state index in [1.807, 2.05) is 0 Å².